The first kappa shape index (κ1) is 32.7. The molecule has 0 saturated heterocycles. The molecule has 0 aromatic heterocycles. The third-order valence-electron chi connectivity index (χ3n) is 10.3. The lowest BCUT2D eigenvalue weighted by atomic mass is 9.73. The largest absolute Gasteiger partial charge is 0.508 e. The molecule has 0 bridgehead atoms. The second-order valence-corrected chi connectivity index (χ2v) is 13.5. The van der Waals surface area contributed by atoms with Gasteiger partial charge in [-0.1, -0.05) is 36.4 Å². The minimum absolute atomic E-state index is 0.00775. The van der Waals surface area contributed by atoms with Crippen molar-refractivity contribution in [2.24, 2.45) is 0 Å². The highest BCUT2D eigenvalue weighted by Gasteiger charge is 2.52. The molecular formula is C42H34O10. The molecule has 0 spiro atoms. The molecule has 8 rings (SSSR count). The van der Waals surface area contributed by atoms with Gasteiger partial charge in [-0.2, -0.15) is 0 Å². The van der Waals surface area contributed by atoms with Gasteiger partial charge in [-0.15, -0.1) is 0 Å². The molecule has 0 radical (unpaired) electrons. The fourth-order valence-electron chi connectivity index (χ4n) is 8.28. The van der Waals surface area contributed by atoms with E-state index in [1.807, 2.05) is 0 Å². The lowest BCUT2D eigenvalue weighted by Gasteiger charge is -2.31. The van der Waals surface area contributed by atoms with Crippen LogP contribution in [0.3, 0.4) is 0 Å². The first-order valence-corrected chi connectivity index (χ1v) is 16.6. The minimum atomic E-state index is -1.30. The monoisotopic (exact) mass is 698 g/mol. The van der Waals surface area contributed by atoms with Gasteiger partial charge in [0.15, 0.2) is 0 Å². The van der Waals surface area contributed by atoms with Crippen LogP contribution in [0.2, 0.25) is 0 Å². The number of aliphatic hydroxyl groups is 1. The van der Waals surface area contributed by atoms with Crippen molar-refractivity contribution in [2.75, 3.05) is 0 Å². The third-order valence-corrected chi connectivity index (χ3v) is 10.3. The Morgan fingerprint density at radius 1 is 0.423 bits per heavy atom. The van der Waals surface area contributed by atoms with Gasteiger partial charge < -0.3 is 50.7 Å². The summed E-state index contributed by atoms with van der Waals surface area (Å²) in [6.07, 6.45) is -2.09. The summed E-state index contributed by atoms with van der Waals surface area (Å²) in [5.41, 5.74) is 4.17. The highest BCUT2D eigenvalue weighted by Crippen LogP contribution is 2.66. The van der Waals surface area contributed by atoms with Crippen LogP contribution in [-0.4, -0.2) is 46.0 Å². The Morgan fingerprint density at radius 2 is 0.904 bits per heavy atom. The summed E-state index contributed by atoms with van der Waals surface area (Å²) < 4.78 is 6.64. The van der Waals surface area contributed by atoms with Gasteiger partial charge in [0.2, 0.25) is 0 Å². The van der Waals surface area contributed by atoms with E-state index in [1.54, 1.807) is 36.4 Å². The molecule has 0 fully saturated rings. The molecule has 10 nitrogen and oxygen atoms in total. The maximum Gasteiger partial charge on any atom is 0.135 e. The Bertz CT molecular complexity index is 2260. The Kier molecular flexibility index (Phi) is 7.77. The lowest BCUT2D eigenvalue weighted by molar-refractivity contribution is 0.134. The molecule has 0 amide bonds. The quantitative estimate of drug-likeness (QED) is 0.0850. The van der Waals surface area contributed by atoms with Crippen LogP contribution in [0.25, 0.3) is 0 Å². The SMILES string of the molecule is Oc1ccc([C@@H]2c3c(O)cc4c(c3[C@H]([C@@H](O)c3ccc(O)cc3)[C@H]2c2cc(O)cc(O)c2)[C@H](c2cc(O)cc(O)c2)[C@@H](c2ccc(O)cc2)O4)cc1. The van der Waals surface area contributed by atoms with Crippen LogP contribution in [0.5, 0.6) is 51.7 Å². The number of phenolic OH excluding ortho intramolecular Hbond substituents is 8. The van der Waals surface area contributed by atoms with Crippen molar-refractivity contribution in [2.45, 2.75) is 35.9 Å². The van der Waals surface area contributed by atoms with Gasteiger partial charge in [0.05, 0.1) is 12.0 Å². The number of ether oxygens (including phenoxy) is 1. The summed E-state index contributed by atoms with van der Waals surface area (Å²) in [4.78, 5) is 0. The highest BCUT2D eigenvalue weighted by molar-refractivity contribution is 5.68. The number of hydrogen-bond donors (Lipinski definition) is 9. The smallest absolute Gasteiger partial charge is 0.135 e. The van der Waals surface area contributed by atoms with E-state index < -0.39 is 35.9 Å². The summed E-state index contributed by atoms with van der Waals surface area (Å²) in [5, 5.41) is 98.0. The fourth-order valence-corrected chi connectivity index (χ4v) is 8.28. The van der Waals surface area contributed by atoms with Crippen molar-refractivity contribution in [3.05, 3.63) is 160 Å². The molecule has 9 N–H and O–H groups in total. The number of aliphatic hydroxyl groups excluding tert-OH is 1. The summed E-state index contributed by atoms with van der Waals surface area (Å²) in [7, 11) is 0. The molecule has 1 aliphatic heterocycles. The van der Waals surface area contributed by atoms with E-state index in [-0.39, 0.29) is 51.7 Å². The molecule has 2 aliphatic rings. The average Bonchev–Trinajstić information content (AvgIpc) is 3.65. The molecule has 262 valence electrons. The van der Waals surface area contributed by atoms with Crippen LogP contribution < -0.4 is 4.74 Å². The van der Waals surface area contributed by atoms with Gasteiger partial charge in [-0.25, -0.2) is 0 Å². The van der Waals surface area contributed by atoms with Gasteiger partial charge in [0, 0.05) is 47.1 Å². The normalized spacial score (nSPS) is 20.9. The predicted molar refractivity (Wildman–Crippen MR) is 189 cm³/mol. The van der Waals surface area contributed by atoms with E-state index in [0.29, 0.717) is 44.5 Å². The molecular weight excluding hydrogens is 664 g/mol. The first-order valence-electron chi connectivity index (χ1n) is 16.6. The topological polar surface area (TPSA) is 191 Å². The molecule has 52 heavy (non-hydrogen) atoms. The van der Waals surface area contributed by atoms with Gasteiger partial charge in [0.1, 0.15) is 57.8 Å². The van der Waals surface area contributed by atoms with Crippen LogP contribution >= 0.6 is 0 Å². The van der Waals surface area contributed by atoms with E-state index in [2.05, 4.69) is 0 Å². The van der Waals surface area contributed by atoms with Crippen molar-refractivity contribution in [3.8, 4) is 51.7 Å². The maximum atomic E-state index is 12.5. The van der Waals surface area contributed by atoms with E-state index in [1.165, 1.54) is 78.9 Å². The summed E-state index contributed by atoms with van der Waals surface area (Å²) in [5.74, 6) is -3.76. The molecule has 1 aliphatic carbocycles. The van der Waals surface area contributed by atoms with Crippen molar-refractivity contribution in [3.63, 3.8) is 0 Å². The average molecular weight is 699 g/mol. The van der Waals surface area contributed by atoms with Crippen LogP contribution in [0.15, 0.2) is 115 Å². The van der Waals surface area contributed by atoms with Gasteiger partial charge >= 0.3 is 0 Å². The van der Waals surface area contributed by atoms with Gasteiger partial charge in [-0.3, -0.25) is 0 Å². The van der Waals surface area contributed by atoms with Gasteiger partial charge in [-0.05, 0) is 94.0 Å². The standard InChI is InChI=1S/C42H34O10/c43-25-7-1-20(2-8-25)34-35(23-13-28(46)17-29(47)14-23)40(41(51)21-3-9-26(44)10-4-21)39-37(34)32(50)19-33-38(39)36(24-15-30(48)18-31(49)16-24)42(52-33)22-5-11-27(45)12-6-22/h1-19,34-36,40-51H/t34-,35-,36-,40+,41-,42+/m0/s1. The van der Waals surface area contributed by atoms with Crippen LogP contribution in [0.4, 0.5) is 0 Å². The minimum Gasteiger partial charge on any atom is -0.508 e. The second kappa shape index (κ2) is 12.4. The van der Waals surface area contributed by atoms with E-state index in [0.717, 1.165) is 0 Å². The third kappa shape index (κ3) is 5.50. The number of phenols is 8. The Labute approximate surface area is 297 Å². The second-order valence-electron chi connectivity index (χ2n) is 13.5. The number of fused-ring (bicyclic) bond motifs is 3. The number of rotatable bonds is 6. The summed E-state index contributed by atoms with van der Waals surface area (Å²) in [6.45, 7) is 0. The number of benzene rings is 6. The Hall–Kier alpha value is -6.52. The molecule has 10 heteroatoms. The lowest BCUT2D eigenvalue weighted by Crippen LogP contribution is -2.19. The zero-order valence-corrected chi connectivity index (χ0v) is 27.4. The van der Waals surface area contributed by atoms with Crippen LogP contribution in [0.1, 0.15) is 80.4 Å². The molecule has 6 aromatic rings. The van der Waals surface area contributed by atoms with Gasteiger partial charge in [0.25, 0.3) is 0 Å². The Balaban J connectivity index is 1.47. The summed E-state index contributed by atoms with van der Waals surface area (Å²) >= 11 is 0. The van der Waals surface area contributed by atoms with E-state index in [4.69, 9.17) is 4.74 Å². The first-order chi connectivity index (χ1) is 25.0. The van der Waals surface area contributed by atoms with Crippen LogP contribution in [0, 0.1) is 0 Å². The zero-order valence-electron chi connectivity index (χ0n) is 27.4. The van der Waals surface area contributed by atoms with E-state index >= 15 is 0 Å². The van der Waals surface area contributed by atoms with E-state index in [9.17, 15) is 46.0 Å². The van der Waals surface area contributed by atoms with Crippen molar-refractivity contribution >= 4 is 0 Å². The van der Waals surface area contributed by atoms with Crippen molar-refractivity contribution in [1.82, 2.24) is 0 Å². The highest BCUT2D eigenvalue weighted by atomic mass is 16.5. The molecule has 1 heterocycles. The summed E-state index contributed by atoms with van der Waals surface area (Å²) in [6, 6.07) is 28.9. The Morgan fingerprint density at radius 3 is 1.44 bits per heavy atom. The predicted octanol–water partition coefficient (Wildman–Crippen LogP) is 7.34. The molecule has 0 saturated carbocycles. The number of hydrogen-bond acceptors (Lipinski definition) is 10. The fraction of sp³-hybridized carbons (Fsp3) is 0.143. The zero-order chi connectivity index (χ0) is 36.4. The molecule has 0 unspecified atom stereocenters. The molecule has 6 atom stereocenters. The van der Waals surface area contributed by atoms with Crippen LogP contribution in [-0.2, 0) is 0 Å². The molecule has 6 aromatic carbocycles. The number of aromatic hydroxyl groups is 8. The van der Waals surface area contributed by atoms with Crippen molar-refractivity contribution in [1.29, 1.82) is 0 Å². The maximum absolute atomic E-state index is 12.5. The van der Waals surface area contributed by atoms with Crippen molar-refractivity contribution < 1.29 is 50.7 Å².